The predicted octanol–water partition coefficient (Wildman–Crippen LogP) is 3.04. The number of nitrogens with one attached hydrogen (secondary N) is 1. The number of nitrogens with zero attached hydrogens (tertiary/aromatic N) is 4. The van der Waals surface area contributed by atoms with Crippen molar-refractivity contribution < 1.29 is 4.79 Å². The zero-order chi connectivity index (χ0) is 19.9. The largest absolute Gasteiger partial charge is 0.369 e. The van der Waals surface area contributed by atoms with Gasteiger partial charge in [-0.1, -0.05) is 32.0 Å². The van der Waals surface area contributed by atoms with Crippen LogP contribution in [-0.4, -0.2) is 53.4 Å². The van der Waals surface area contributed by atoms with Crippen LogP contribution in [0, 0.1) is 0 Å². The van der Waals surface area contributed by atoms with Gasteiger partial charge in [-0.15, -0.1) is 0 Å². The van der Waals surface area contributed by atoms with E-state index in [2.05, 4.69) is 51.4 Å². The molecule has 6 nitrogen and oxygen atoms in total. The van der Waals surface area contributed by atoms with Crippen LogP contribution in [0.15, 0.2) is 54.9 Å². The second kappa shape index (κ2) is 9.37. The van der Waals surface area contributed by atoms with E-state index < -0.39 is 0 Å². The summed E-state index contributed by atoms with van der Waals surface area (Å²) in [6, 6.07) is 14.1. The fraction of sp³-hybridized carbons (Fsp3) is 0.364. The van der Waals surface area contributed by atoms with Gasteiger partial charge in [0.1, 0.15) is 11.3 Å². The van der Waals surface area contributed by atoms with Crippen molar-refractivity contribution in [3.63, 3.8) is 0 Å². The van der Waals surface area contributed by atoms with Crippen LogP contribution < -0.4 is 10.2 Å². The minimum atomic E-state index is -0.156. The number of hydrogen-bond donors (Lipinski definition) is 1. The Hall–Kier alpha value is -2.86. The number of rotatable bonds is 4. The highest BCUT2D eigenvalue weighted by molar-refractivity contribution is 5.92. The maximum absolute atomic E-state index is 12.3. The Morgan fingerprint density at radius 1 is 1.04 bits per heavy atom. The Morgan fingerprint density at radius 2 is 1.75 bits per heavy atom. The zero-order valence-corrected chi connectivity index (χ0v) is 16.9. The molecule has 1 aromatic carbocycles. The first-order valence-corrected chi connectivity index (χ1v) is 9.93. The van der Waals surface area contributed by atoms with Crippen molar-refractivity contribution in [3.8, 4) is 0 Å². The van der Waals surface area contributed by atoms with Gasteiger partial charge in [-0.2, -0.15) is 0 Å². The second-order valence-electron chi connectivity index (χ2n) is 6.73. The highest BCUT2D eigenvalue weighted by Gasteiger charge is 2.14. The van der Waals surface area contributed by atoms with E-state index in [1.807, 2.05) is 42.6 Å². The summed E-state index contributed by atoms with van der Waals surface area (Å²) in [5.74, 6) is -0.156. The van der Waals surface area contributed by atoms with E-state index >= 15 is 0 Å². The first-order chi connectivity index (χ1) is 13.7. The number of likely N-dealkylation sites (N-methyl/N-ethyl adjacent to an activating group) is 1. The minimum absolute atomic E-state index is 0.156. The molecule has 3 aromatic rings. The number of benzene rings is 1. The van der Waals surface area contributed by atoms with Crippen molar-refractivity contribution >= 4 is 17.2 Å². The van der Waals surface area contributed by atoms with Crippen LogP contribution in [0.5, 0.6) is 0 Å². The molecule has 1 aliphatic rings. The van der Waals surface area contributed by atoms with Crippen LogP contribution >= 0.6 is 0 Å². The Labute approximate surface area is 166 Å². The number of piperazine rings is 1. The molecular formula is C22H29N5O. The standard InChI is InChI=1S/C20H23N5O.C2H6/c1-23-10-12-24(13-11-23)17-7-5-16(6-8-17)14-21-20(26)18-15-25-9-3-2-4-19(25)22-18;1-2/h2-9,15H,10-14H2,1H3,(H,21,26);1-2H3. The maximum Gasteiger partial charge on any atom is 0.271 e. The van der Waals surface area contributed by atoms with E-state index in [0.717, 1.165) is 37.4 Å². The number of amides is 1. The lowest BCUT2D eigenvalue weighted by atomic mass is 10.1. The van der Waals surface area contributed by atoms with Gasteiger partial charge in [0.2, 0.25) is 0 Å². The summed E-state index contributed by atoms with van der Waals surface area (Å²) in [5, 5.41) is 2.95. The van der Waals surface area contributed by atoms with E-state index in [-0.39, 0.29) is 5.91 Å². The fourth-order valence-corrected chi connectivity index (χ4v) is 3.21. The highest BCUT2D eigenvalue weighted by atomic mass is 16.1. The number of aromatic nitrogens is 2. The minimum Gasteiger partial charge on any atom is -0.369 e. The van der Waals surface area contributed by atoms with Crippen LogP contribution in [0.4, 0.5) is 5.69 Å². The second-order valence-corrected chi connectivity index (χ2v) is 6.73. The van der Waals surface area contributed by atoms with Gasteiger partial charge < -0.3 is 19.5 Å². The normalized spacial score (nSPS) is 14.5. The molecule has 0 unspecified atom stereocenters. The highest BCUT2D eigenvalue weighted by Crippen LogP contribution is 2.17. The van der Waals surface area contributed by atoms with Crippen molar-refractivity contribution in [2.75, 3.05) is 38.1 Å². The molecule has 0 atom stereocenters. The van der Waals surface area contributed by atoms with Crippen LogP contribution in [0.25, 0.3) is 5.65 Å². The number of carbonyl (C=O) groups is 1. The summed E-state index contributed by atoms with van der Waals surface area (Å²) in [7, 11) is 2.16. The van der Waals surface area contributed by atoms with Gasteiger partial charge in [0.25, 0.3) is 5.91 Å². The quantitative estimate of drug-likeness (QED) is 0.757. The molecule has 1 N–H and O–H groups in total. The van der Waals surface area contributed by atoms with E-state index in [4.69, 9.17) is 0 Å². The molecule has 148 valence electrons. The SMILES string of the molecule is CC.CN1CCN(c2ccc(CNC(=O)c3cn4ccccc4n3)cc2)CC1. The summed E-state index contributed by atoms with van der Waals surface area (Å²) in [6.07, 6.45) is 3.64. The Morgan fingerprint density at radius 3 is 2.43 bits per heavy atom. The number of anilines is 1. The third-order valence-corrected chi connectivity index (χ3v) is 4.85. The summed E-state index contributed by atoms with van der Waals surface area (Å²) < 4.78 is 1.85. The molecule has 4 rings (SSSR count). The van der Waals surface area contributed by atoms with Gasteiger partial charge >= 0.3 is 0 Å². The average molecular weight is 380 g/mol. The molecule has 1 saturated heterocycles. The van der Waals surface area contributed by atoms with Crippen molar-refractivity contribution in [1.29, 1.82) is 0 Å². The number of fused-ring (bicyclic) bond motifs is 1. The van der Waals surface area contributed by atoms with Crippen molar-refractivity contribution in [2.45, 2.75) is 20.4 Å². The summed E-state index contributed by atoms with van der Waals surface area (Å²) in [6.45, 7) is 8.80. The first-order valence-electron chi connectivity index (χ1n) is 9.93. The maximum atomic E-state index is 12.3. The number of imidazole rings is 1. The third-order valence-electron chi connectivity index (χ3n) is 4.85. The molecule has 0 spiro atoms. The molecule has 3 heterocycles. The predicted molar refractivity (Wildman–Crippen MR) is 114 cm³/mol. The molecule has 0 radical (unpaired) electrons. The third kappa shape index (κ3) is 4.70. The molecular weight excluding hydrogens is 350 g/mol. The summed E-state index contributed by atoms with van der Waals surface area (Å²) >= 11 is 0. The van der Waals surface area contributed by atoms with Crippen LogP contribution in [0.1, 0.15) is 29.9 Å². The molecule has 1 fully saturated rings. The molecule has 2 aromatic heterocycles. The number of hydrogen-bond acceptors (Lipinski definition) is 4. The number of carbonyl (C=O) groups excluding carboxylic acids is 1. The van der Waals surface area contributed by atoms with Crippen molar-refractivity contribution in [3.05, 3.63) is 66.1 Å². The van der Waals surface area contributed by atoms with Gasteiger partial charge in [-0.25, -0.2) is 4.98 Å². The molecule has 6 heteroatoms. The van der Waals surface area contributed by atoms with E-state index in [1.54, 1.807) is 6.20 Å². The molecule has 0 aliphatic carbocycles. The van der Waals surface area contributed by atoms with Gasteiger partial charge in [0.15, 0.2) is 0 Å². The lowest BCUT2D eigenvalue weighted by molar-refractivity contribution is 0.0946. The Kier molecular flexibility index (Phi) is 6.66. The van der Waals surface area contributed by atoms with Gasteiger partial charge in [-0.05, 0) is 36.9 Å². The van der Waals surface area contributed by atoms with Crippen LogP contribution in [0.3, 0.4) is 0 Å². The lowest BCUT2D eigenvalue weighted by Crippen LogP contribution is -2.44. The smallest absolute Gasteiger partial charge is 0.271 e. The van der Waals surface area contributed by atoms with E-state index in [1.165, 1.54) is 5.69 Å². The molecule has 1 amide bonds. The first kappa shape index (κ1) is 19.9. The summed E-state index contributed by atoms with van der Waals surface area (Å²) in [5.41, 5.74) is 3.54. The fourth-order valence-electron chi connectivity index (χ4n) is 3.21. The lowest BCUT2D eigenvalue weighted by Gasteiger charge is -2.34. The Bertz CT molecular complexity index is 862. The van der Waals surface area contributed by atoms with Gasteiger partial charge in [0.05, 0.1) is 0 Å². The van der Waals surface area contributed by atoms with Crippen molar-refractivity contribution in [1.82, 2.24) is 19.6 Å². The zero-order valence-electron chi connectivity index (χ0n) is 16.9. The molecule has 0 saturated carbocycles. The topological polar surface area (TPSA) is 52.9 Å². The monoisotopic (exact) mass is 379 g/mol. The Balaban J connectivity index is 0.00000109. The van der Waals surface area contributed by atoms with E-state index in [0.29, 0.717) is 12.2 Å². The molecule has 1 aliphatic heterocycles. The van der Waals surface area contributed by atoms with E-state index in [9.17, 15) is 4.79 Å². The number of pyridine rings is 1. The molecule has 28 heavy (non-hydrogen) atoms. The van der Waals surface area contributed by atoms with Crippen LogP contribution in [0.2, 0.25) is 0 Å². The summed E-state index contributed by atoms with van der Waals surface area (Å²) in [4.78, 5) is 21.4. The average Bonchev–Trinajstić information content (AvgIpc) is 3.19. The van der Waals surface area contributed by atoms with Crippen molar-refractivity contribution in [2.24, 2.45) is 0 Å². The van der Waals surface area contributed by atoms with Gasteiger partial charge in [-0.3, -0.25) is 4.79 Å². The molecule has 0 bridgehead atoms. The van der Waals surface area contributed by atoms with Gasteiger partial charge in [0, 0.05) is 50.8 Å². The van der Waals surface area contributed by atoms with Crippen LogP contribution in [-0.2, 0) is 6.54 Å².